The van der Waals surface area contributed by atoms with E-state index in [-0.39, 0.29) is 24.5 Å². The molecule has 0 aromatic heterocycles. The molecule has 17 heavy (non-hydrogen) atoms. The maximum Gasteiger partial charge on any atom is 0.311 e. The van der Waals surface area contributed by atoms with Gasteiger partial charge in [0.2, 0.25) is 5.91 Å². The van der Waals surface area contributed by atoms with Gasteiger partial charge in [0.1, 0.15) is 5.92 Å². The van der Waals surface area contributed by atoms with Crippen LogP contribution in [0, 0.1) is 11.3 Å². The molecular formula is C11H20N2O4. The Morgan fingerprint density at radius 1 is 1.41 bits per heavy atom. The van der Waals surface area contributed by atoms with Crippen molar-refractivity contribution in [1.82, 2.24) is 5.32 Å². The summed E-state index contributed by atoms with van der Waals surface area (Å²) in [7, 11) is 0. The van der Waals surface area contributed by atoms with Crippen LogP contribution < -0.4 is 11.1 Å². The number of rotatable bonds is 3. The Hall–Kier alpha value is -1.14. The lowest BCUT2D eigenvalue weighted by atomic mass is 9.86. The minimum absolute atomic E-state index is 0.130. The second-order valence-corrected chi connectivity index (χ2v) is 5.44. The van der Waals surface area contributed by atoms with E-state index >= 15 is 0 Å². The Balaban J connectivity index is 2.60. The van der Waals surface area contributed by atoms with Crippen LogP contribution in [0.4, 0.5) is 0 Å². The van der Waals surface area contributed by atoms with E-state index in [0.29, 0.717) is 0 Å². The first-order chi connectivity index (χ1) is 7.73. The Morgan fingerprint density at radius 2 is 2.00 bits per heavy atom. The number of ether oxygens (including phenoxy) is 1. The average molecular weight is 244 g/mol. The molecule has 1 amide bonds. The largest absolute Gasteiger partial charge is 0.481 e. The zero-order valence-corrected chi connectivity index (χ0v) is 10.4. The fourth-order valence-corrected chi connectivity index (χ4v) is 1.61. The number of aliphatic carboxylic acids is 1. The molecule has 4 N–H and O–H groups in total. The Labute approximate surface area is 101 Å². The lowest BCUT2D eigenvalue weighted by Gasteiger charge is -2.27. The van der Waals surface area contributed by atoms with E-state index in [9.17, 15) is 9.59 Å². The number of carbonyl (C=O) groups excluding carboxylic acids is 1. The Morgan fingerprint density at radius 3 is 2.47 bits per heavy atom. The first-order valence-corrected chi connectivity index (χ1v) is 5.60. The third kappa shape index (κ3) is 3.41. The normalized spacial score (nSPS) is 26.6. The molecule has 1 aliphatic heterocycles. The Kier molecular flexibility index (Phi) is 4.11. The molecule has 6 nitrogen and oxygen atoms in total. The lowest BCUT2D eigenvalue weighted by molar-refractivity contribution is -0.142. The van der Waals surface area contributed by atoms with Crippen molar-refractivity contribution in [3.8, 4) is 0 Å². The summed E-state index contributed by atoms with van der Waals surface area (Å²) in [5, 5.41) is 11.6. The van der Waals surface area contributed by atoms with Gasteiger partial charge >= 0.3 is 5.97 Å². The molecule has 3 atom stereocenters. The van der Waals surface area contributed by atoms with Crippen molar-refractivity contribution in [3.63, 3.8) is 0 Å². The van der Waals surface area contributed by atoms with Crippen molar-refractivity contribution >= 4 is 11.9 Å². The van der Waals surface area contributed by atoms with Gasteiger partial charge in [0, 0.05) is 0 Å². The monoisotopic (exact) mass is 244 g/mol. The van der Waals surface area contributed by atoms with Gasteiger partial charge in [0.25, 0.3) is 0 Å². The van der Waals surface area contributed by atoms with Crippen molar-refractivity contribution in [1.29, 1.82) is 0 Å². The summed E-state index contributed by atoms with van der Waals surface area (Å²) in [6.07, 6.45) is 0. The summed E-state index contributed by atoms with van der Waals surface area (Å²) in [6.45, 7) is 5.93. The van der Waals surface area contributed by atoms with Gasteiger partial charge in [0.05, 0.1) is 25.3 Å². The van der Waals surface area contributed by atoms with Crippen molar-refractivity contribution in [2.45, 2.75) is 32.9 Å². The first-order valence-electron chi connectivity index (χ1n) is 5.60. The van der Waals surface area contributed by atoms with Gasteiger partial charge < -0.3 is 20.9 Å². The predicted molar refractivity (Wildman–Crippen MR) is 61.3 cm³/mol. The molecular weight excluding hydrogens is 224 g/mol. The van der Waals surface area contributed by atoms with Crippen molar-refractivity contribution in [2.24, 2.45) is 17.1 Å². The van der Waals surface area contributed by atoms with E-state index < -0.39 is 24.0 Å². The van der Waals surface area contributed by atoms with E-state index in [1.807, 2.05) is 20.8 Å². The molecule has 0 aromatic carbocycles. The van der Waals surface area contributed by atoms with Crippen LogP contribution in [0.25, 0.3) is 0 Å². The SMILES string of the molecule is CC(C)(C)[C@@H](N)C(=O)NC1COCC1C(=O)O. The quantitative estimate of drug-likeness (QED) is 0.625. The summed E-state index contributed by atoms with van der Waals surface area (Å²) in [5.41, 5.74) is 5.43. The highest BCUT2D eigenvalue weighted by Crippen LogP contribution is 2.19. The molecule has 0 aromatic rings. The predicted octanol–water partition coefficient (Wildman–Crippen LogP) is -0.424. The maximum atomic E-state index is 11.8. The number of nitrogens with two attached hydrogens (primary N) is 1. The van der Waals surface area contributed by atoms with Gasteiger partial charge in [-0.2, -0.15) is 0 Å². The number of hydrogen-bond acceptors (Lipinski definition) is 4. The highest BCUT2D eigenvalue weighted by molar-refractivity contribution is 5.83. The van der Waals surface area contributed by atoms with Gasteiger partial charge in [-0.3, -0.25) is 9.59 Å². The molecule has 1 rings (SSSR count). The standard InChI is InChI=1S/C11H20N2O4/c1-11(2,3)8(12)9(14)13-7-5-17-4-6(7)10(15)16/h6-8H,4-5,12H2,1-3H3,(H,13,14)(H,15,16)/t6?,7?,8-/m0/s1. The van der Waals surface area contributed by atoms with Crippen molar-refractivity contribution in [2.75, 3.05) is 13.2 Å². The van der Waals surface area contributed by atoms with E-state index in [1.165, 1.54) is 0 Å². The van der Waals surface area contributed by atoms with E-state index in [0.717, 1.165) is 0 Å². The number of nitrogens with one attached hydrogen (secondary N) is 1. The maximum absolute atomic E-state index is 11.8. The summed E-state index contributed by atoms with van der Waals surface area (Å²) < 4.78 is 5.06. The molecule has 0 bridgehead atoms. The van der Waals surface area contributed by atoms with E-state index in [4.69, 9.17) is 15.6 Å². The number of carboxylic acids is 1. The van der Waals surface area contributed by atoms with E-state index in [1.54, 1.807) is 0 Å². The van der Waals surface area contributed by atoms with E-state index in [2.05, 4.69) is 5.32 Å². The Bertz CT molecular complexity index is 311. The van der Waals surface area contributed by atoms with Crippen LogP contribution in [0.3, 0.4) is 0 Å². The zero-order valence-electron chi connectivity index (χ0n) is 10.4. The molecule has 0 aliphatic carbocycles. The van der Waals surface area contributed by atoms with Crippen LogP contribution in [-0.4, -0.2) is 42.3 Å². The number of hydrogen-bond donors (Lipinski definition) is 3. The first kappa shape index (κ1) is 13.9. The molecule has 98 valence electrons. The summed E-state index contributed by atoms with van der Waals surface area (Å²) in [5.74, 6) is -1.98. The fraction of sp³-hybridized carbons (Fsp3) is 0.818. The summed E-state index contributed by atoms with van der Waals surface area (Å²) >= 11 is 0. The molecule has 1 saturated heterocycles. The summed E-state index contributed by atoms with van der Waals surface area (Å²) in [4.78, 5) is 22.7. The van der Waals surface area contributed by atoms with Gasteiger partial charge in [-0.05, 0) is 5.41 Å². The molecule has 2 unspecified atom stereocenters. The fourth-order valence-electron chi connectivity index (χ4n) is 1.61. The van der Waals surface area contributed by atoms with Crippen LogP contribution in [0.2, 0.25) is 0 Å². The minimum Gasteiger partial charge on any atom is -0.481 e. The van der Waals surface area contributed by atoms with Gasteiger partial charge in [0.15, 0.2) is 0 Å². The van der Waals surface area contributed by atoms with Gasteiger partial charge in [-0.15, -0.1) is 0 Å². The average Bonchev–Trinajstić information content (AvgIpc) is 2.63. The van der Waals surface area contributed by atoms with Crippen LogP contribution in [0.15, 0.2) is 0 Å². The van der Waals surface area contributed by atoms with Crippen LogP contribution in [-0.2, 0) is 14.3 Å². The molecule has 6 heteroatoms. The van der Waals surface area contributed by atoms with Crippen molar-refractivity contribution in [3.05, 3.63) is 0 Å². The molecule has 1 heterocycles. The zero-order chi connectivity index (χ0) is 13.2. The van der Waals surface area contributed by atoms with Gasteiger partial charge in [-0.1, -0.05) is 20.8 Å². The molecule has 0 saturated carbocycles. The topological polar surface area (TPSA) is 102 Å². The van der Waals surface area contributed by atoms with Crippen LogP contribution in [0.1, 0.15) is 20.8 Å². The molecule has 1 fully saturated rings. The third-order valence-electron chi connectivity index (χ3n) is 2.94. The molecule has 0 radical (unpaired) electrons. The minimum atomic E-state index is -0.961. The smallest absolute Gasteiger partial charge is 0.311 e. The number of carbonyl (C=O) groups is 2. The van der Waals surface area contributed by atoms with Crippen LogP contribution in [0.5, 0.6) is 0 Å². The number of amides is 1. The van der Waals surface area contributed by atoms with Gasteiger partial charge in [-0.25, -0.2) is 0 Å². The highest BCUT2D eigenvalue weighted by Gasteiger charge is 2.37. The third-order valence-corrected chi connectivity index (χ3v) is 2.94. The highest BCUT2D eigenvalue weighted by atomic mass is 16.5. The second-order valence-electron chi connectivity index (χ2n) is 5.44. The molecule has 1 aliphatic rings. The lowest BCUT2D eigenvalue weighted by Crippen LogP contribution is -2.53. The van der Waals surface area contributed by atoms with Crippen molar-refractivity contribution < 1.29 is 19.4 Å². The number of carboxylic acid groups (broad SMARTS) is 1. The second kappa shape index (κ2) is 5.01. The van der Waals surface area contributed by atoms with Crippen LogP contribution >= 0.6 is 0 Å². The molecule has 0 spiro atoms. The summed E-state index contributed by atoms with van der Waals surface area (Å²) in [6, 6.07) is -1.16.